The average Bonchev–Trinajstić information content (AvgIpc) is 3.03. The Bertz CT molecular complexity index is 996. The zero-order valence-corrected chi connectivity index (χ0v) is 14.5. The number of carboxylic acids is 1. The quantitative estimate of drug-likeness (QED) is 0.730. The second-order valence-corrected chi connectivity index (χ2v) is 6.70. The third kappa shape index (κ3) is 2.95. The number of hydrogen-bond acceptors (Lipinski definition) is 3. The van der Waals surface area contributed by atoms with Crippen molar-refractivity contribution in [3.05, 3.63) is 53.1 Å². The van der Waals surface area contributed by atoms with E-state index in [1.54, 1.807) is 12.1 Å². The highest BCUT2D eigenvalue weighted by Gasteiger charge is 2.22. The van der Waals surface area contributed by atoms with Crippen molar-refractivity contribution < 1.29 is 19.0 Å². The minimum absolute atomic E-state index is 0.0160. The van der Waals surface area contributed by atoms with Crippen molar-refractivity contribution in [3.8, 4) is 11.1 Å². The fourth-order valence-electron chi connectivity index (χ4n) is 3.38. The van der Waals surface area contributed by atoms with Crippen molar-refractivity contribution in [2.45, 2.75) is 18.9 Å². The standard InChI is InChI=1S/C19H16ClFN2O3/c20-15-3-1-11(9-16(15)21)14-10-23(12-5-7-26-8-6-12)18-13(14)2-4-17(22-18)19(24)25/h1-4,9-10,12H,5-8H2,(H,24,25). The van der Waals surface area contributed by atoms with Crippen LogP contribution in [0.2, 0.25) is 5.02 Å². The Balaban J connectivity index is 1.92. The molecule has 4 rings (SSSR count). The van der Waals surface area contributed by atoms with E-state index in [1.165, 1.54) is 18.2 Å². The van der Waals surface area contributed by atoms with Crippen molar-refractivity contribution in [2.24, 2.45) is 0 Å². The lowest BCUT2D eigenvalue weighted by Gasteiger charge is -2.24. The molecule has 0 unspecified atom stereocenters. The number of aromatic nitrogens is 2. The van der Waals surface area contributed by atoms with Crippen LogP contribution in [0.4, 0.5) is 4.39 Å². The molecular weight excluding hydrogens is 359 g/mol. The van der Waals surface area contributed by atoms with Gasteiger partial charge in [0.05, 0.1) is 5.02 Å². The number of carboxylic acid groups (broad SMARTS) is 1. The number of benzene rings is 1. The summed E-state index contributed by atoms with van der Waals surface area (Å²) in [6.45, 7) is 1.29. The molecule has 1 aliphatic rings. The lowest BCUT2D eigenvalue weighted by molar-refractivity contribution is 0.0685. The molecule has 1 aromatic carbocycles. The Morgan fingerprint density at radius 3 is 2.73 bits per heavy atom. The fraction of sp³-hybridized carbons (Fsp3) is 0.263. The molecule has 26 heavy (non-hydrogen) atoms. The number of halogens is 2. The number of pyridine rings is 1. The van der Waals surface area contributed by atoms with Crippen molar-refractivity contribution in [1.82, 2.24) is 9.55 Å². The molecule has 0 bridgehead atoms. The normalized spacial score (nSPS) is 15.5. The zero-order valence-electron chi connectivity index (χ0n) is 13.8. The van der Waals surface area contributed by atoms with Gasteiger partial charge in [-0.1, -0.05) is 17.7 Å². The van der Waals surface area contributed by atoms with Gasteiger partial charge in [0.15, 0.2) is 5.69 Å². The number of ether oxygens (including phenoxy) is 1. The van der Waals surface area contributed by atoms with Crippen LogP contribution in [0.3, 0.4) is 0 Å². The summed E-state index contributed by atoms with van der Waals surface area (Å²) in [5.74, 6) is -1.57. The van der Waals surface area contributed by atoms with E-state index in [0.29, 0.717) is 24.4 Å². The lowest BCUT2D eigenvalue weighted by atomic mass is 10.1. The molecule has 0 amide bonds. The number of hydrogen-bond donors (Lipinski definition) is 1. The Morgan fingerprint density at radius 2 is 2.04 bits per heavy atom. The Hall–Kier alpha value is -2.44. The van der Waals surface area contributed by atoms with Crippen LogP contribution in [0, 0.1) is 5.82 Å². The molecule has 3 heterocycles. The predicted molar refractivity (Wildman–Crippen MR) is 96.2 cm³/mol. The van der Waals surface area contributed by atoms with Gasteiger partial charge in [-0.05, 0) is 42.7 Å². The van der Waals surface area contributed by atoms with Crippen LogP contribution in [0.5, 0.6) is 0 Å². The summed E-state index contributed by atoms with van der Waals surface area (Å²) >= 11 is 5.80. The first kappa shape index (κ1) is 17.0. The van der Waals surface area contributed by atoms with E-state index in [2.05, 4.69) is 4.98 Å². The largest absolute Gasteiger partial charge is 0.477 e. The summed E-state index contributed by atoms with van der Waals surface area (Å²) in [7, 11) is 0. The van der Waals surface area contributed by atoms with Gasteiger partial charge in [-0.15, -0.1) is 0 Å². The Labute approximate surface area is 154 Å². The number of rotatable bonds is 3. The minimum atomic E-state index is -1.08. The highest BCUT2D eigenvalue weighted by molar-refractivity contribution is 6.30. The molecule has 1 N–H and O–H groups in total. The summed E-state index contributed by atoms with van der Waals surface area (Å²) in [4.78, 5) is 15.7. The third-order valence-corrected chi connectivity index (χ3v) is 5.02. The number of aromatic carboxylic acids is 1. The van der Waals surface area contributed by atoms with Crippen molar-refractivity contribution in [2.75, 3.05) is 13.2 Å². The monoisotopic (exact) mass is 374 g/mol. The number of fused-ring (bicyclic) bond motifs is 1. The molecule has 134 valence electrons. The molecule has 2 aromatic heterocycles. The van der Waals surface area contributed by atoms with Crippen LogP contribution in [-0.2, 0) is 4.74 Å². The summed E-state index contributed by atoms with van der Waals surface area (Å²) in [5.41, 5.74) is 2.04. The van der Waals surface area contributed by atoms with Gasteiger partial charge in [-0.3, -0.25) is 0 Å². The average molecular weight is 375 g/mol. The molecule has 1 fully saturated rings. The van der Waals surface area contributed by atoms with Gasteiger partial charge in [-0.2, -0.15) is 0 Å². The maximum absolute atomic E-state index is 13.9. The number of carbonyl (C=O) groups is 1. The van der Waals surface area contributed by atoms with Crippen LogP contribution in [0.1, 0.15) is 29.4 Å². The summed E-state index contributed by atoms with van der Waals surface area (Å²) in [5, 5.41) is 10.1. The van der Waals surface area contributed by atoms with Crippen LogP contribution in [0.15, 0.2) is 36.5 Å². The van der Waals surface area contributed by atoms with E-state index in [1.807, 2.05) is 10.8 Å². The lowest BCUT2D eigenvalue weighted by Crippen LogP contribution is -2.19. The highest BCUT2D eigenvalue weighted by Crippen LogP contribution is 2.35. The van der Waals surface area contributed by atoms with Crippen LogP contribution in [-0.4, -0.2) is 33.8 Å². The van der Waals surface area contributed by atoms with E-state index in [4.69, 9.17) is 16.3 Å². The second kappa shape index (κ2) is 6.70. The van der Waals surface area contributed by atoms with Gasteiger partial charge in [0.25, 0.3) is 0 Å². The van der Waals surface area contributed by atoms with E-state index in [-0.39, 0.29) is 16.8 Å². The molecule has 0 spiro atoms. The predicted octanol–water partition coefficient (Wildman–Crippen LogP) is 4.55. The van der Waals surface area contributed by atoms with E-state index in [9.17, 15) is 14.3 Å². The van der Waals surface area contributed by atoms with Gasteiger partial charge >= 0.3 is 5.97 Å². The number of nitrogens with zero attached hydrogens (tertiary/aromatic N) is 2. The molecule has 0 saturated carbocycles. The maximum atomic E-state index is 13.9. The minimum Gasteiger partial charge on any atom is -0.477 e. The smallest absolute Gasteiger partial charge is 0.354 e. The molecule has 1 saturated heterocycles. The van der Waals surface area contributed by atoms with Gasteiger partial charge < -0.3 is 14.4 Å². The first-order valence-corrected chi connectivity index (χ1v) is 8.70. The van der Waals surface area contributed by atoms with Gasteiger partial charge in [0.2, 0.25) is 0 Å². The first-order valence-electron chi connectivity index (χ1n) is 8.32. The Morgan fingerprint density at radius 1 is 1.27 bits per heavy atom. The third-order valence-electron chi connectivity index (χ3n) is 4.71. The Kier molecular flexibility index (Phi) is 4.38. The summed E-state index contributed by atoms with van der Waals surface area (Å²) in [6.07, 6.45) is 3.55. The molecule has 5 nitrogen and oxygen atoms in total. The molecule has 1 aliphatic heterocycles. The molecular formula is C19H16ClFN2O3. The van der Waals surface area contributed by atoms with Crippen LogP contribution < -0.4 is 0 Å². The zero-order chi connectivity index (χ0) is 18.3. The van der Waals surface area contributed by atoms with Crippen LogP contribution >= 0.6 is 11.6 Å². The topological polar surface area (TPSA) is 64.3 Å². The van der Waals surface area contributed by atoms with Crippen molar-refractivity contribution in [1.29, 1.82) is 0 Å². The molecule has 3 aromatic rings. The van der Waals surface area contributed by atoms with Gasteiger partial charge in [-0.25, -0.2) is 14.2 Å². The van der Waals surface area contributed by atoms with Crippen molar-refractivity contribution in [3.63, 3.8) is 0 Å². The van der Waals surface area contributed by atoms with E-state index < -0.39 is 11.8 Å². The summed E-state index contributed by atoms with van der Waals surface area (Å²) < 4.78 is 21.4. The maximum Gasteiger partial charge on any atom is 0.354 e. The molecule has 7 heteroatoms. The van der Waals surface area contributed by atoms with E-state index in [0.717, 1.165) is 23.8 Å². The fourth-order valence-corrected chi connectivity index (χ4v) is 3.50. The molecule has 0 aliphatic carbocycles. The molecule has 0 radical (unpaired) electrons. The summed E-state index contributed by atoms with van der Waals surface area (Å²) in [6, 6.07) is 8.01. The SMILES string of the molecule is O=C(O)c1ccc2c(-c3ccc(Cl)c(F)c3)cn(C3CCOCC3)c2n1. The van der Waals surface area contributed by atoms with Gasteiger partial charge in [0.1, 0.15) is 11.5 Å². The van der Waals surface area contributed by atoms with Crippen LogP contribution in [0.25, 0.3) is 22.2 Å². The van der Waals surface area contributed by atoms with Crippen molar-refractivity contribution >= 4 is 28.6 Å². The second-order valence-electron chi connectivity index (χ2n) is 6.30. The molecule has 0 atom stereocenters. The van der Waals surface area contributed by atoms with E-state index >= 15 is 0 Å². The first-order chi connectivity index (χ1) is 12.5. The highest BCUT2D eigenvalue weighted by atomic mass is 35.5. The van der Waals surface area contributed by atoms with Gasteiger partial charge in [0, 0.05) is 36.4 Å².